The normalized spacial score (nSPS) is 11.8. The van der Waals surface area contributed by atoms with E-state index >= 15 is 0 Å². The van der Waals surface area contributed by atoms with Crippen LogP contribution in [0.1, 0.15) is 18.3 Å². The van der Waals surface area contributed by atoms with Gasteiger partial charge in [0.05, 0.1) is 6.54 Å². The molecule has 8 heteroatoms. The topological polar surface area (TPSA) is 52.0 Å². The predicted octanol–water partition coefficient (Wildman–Crippen LogP) is 3.21. The summed E-state index contributed by atoms with van der Waals surface area (Å²) in [6, 6.07) is 4.01. The number of hydrogen-bond donors (Lipinski definition) is 0. The molecule has 0 saturated carbocycles. The van der Waals surface area contributed by atoms with Gasteiger partial charge in [-0.2, -0.15) is 0 Å². The third-order valence-electron chi connectivity index (χ3n) is 2.75. The molecular weight excluding hydrogens is 326 g/mol. The van der Waals surface area contributed by atoms with E-state index in [1.54, 1.807) is 4.57 Å². The van der Waals surface area contributed by atoms with E-state index in [1.165, 1.54) is 24.4 Å². The van der Waals surface area contributed by atoms with Gasteiger partial charge in [0.15, 0.2) is 5.03 Å². The lowest BCUT2D eigenvalue weighted by atomic mass is 10.2. The molecule has 0 saturated heterocycles. The zero-order valence-corrected chi connectivity index (χ0v) is 12.8. The molecule has 2 rings (SSSR count). The Labute approximate surface area is 125 Å². The number of benzene rings is 1. The standard InChI is InChI=1S/C12H11Cl2FN2O2S/c1-2-11-16-12(20(14,18)19)7-17(11)6-8-5-9(15)3-4-10(8)13/h3-5,7H,2,6H2,1H3. The molecule has 0 spiro atoms. The second-order valence-electron chi connectivity index (χ2n) is 4.15. The van der Waals surface area contributed by atoms with Crippen molar-refractivity contribution in [2.75, 3.05) is 0 Å². The van der Waals surface area contributed by atoms with Gasteiger partial charge in [0.25, 0.3) is 9.05 Å². The molecule has 0 radical (unpaired) electrons. The van der Waals surface area contributed by atoms with Crippen LogP contribution in [-0.2, 0) is 22.0 Å². The van der Waals surface area contributed by atoms with Crippen LogP contribution in [0.2, 0.25) is 5.02 Å². The first-order chi connectivity index (χ1) is 9.31. The summed E-state index contributed by atoms with van der Waals surface area (Å²) in [7, 11) is 1.38. The highest BCUT2D eigenvalue weighted by Gasteiger charge is 2.17. The Balaban J connectivity index is 2.43. The zero-order chi connectivity index (χ0) is 14.9. The predicted molar refractivity (Wildman–Crippen MR) is 75.2 cm³/mol. The molecular formula is C12H11Cl2FN2O2S. The second-order valence-corrected chi connectivity index (χ2v) is 7.07. The van der Waals surface area contributed by atoms with Gasteiger partial charge < -0.3 is 4.57 Å². The van der Waals surface area contributed by atoms with Crippen LogP contribution in [0.3, 0.4) is 0 Å². The minimum Gasteiger partial charge on any atom is -0.329 e. The van der Waals surface area contributed by atoms with Gasteiger partial charge in [-0.3, -0.25) is 0 Å². The molecule has 1 heterocycles. The number of halogens is 3. The summed E-state index contributed by atoms with van der Waals surface area (Å²) in [6.45, 7) is 2.05. The van der Waals surface area contributed by atoms with E-state index in [1.807, 2.05) is 6.92 Å². The van der Waals surface area contributed by atoms with Crippen LogP contribution >= 0.6 is 22.3 Å². The van der Waals surface area contributed by atoms with Gasteiger partial charge in [-0.15, -0.1) is 0 Å². The van der Waals surface area contributed by atoms with Crippen molar-refractivity contribution in [2.45, 2.75) is 24.9 Å². The zero-order valence-electron chi connectivity index (χ0n) is 10.5. The van der Waals surface area contributed by atoms with Crippen molar-refractivity contribution in [3.05, 3.63) is 46.6 Å². The summed E-state index contributed by atoms with van der Waals surface area (Å²) >= 11 is 5.99. The molecule has 0 aliphatic carbocycles. The molecule has 0 unspecified atom stereocenters. The Morgan fingerprint density at radius 1 is 1.40 bits per heavy atom. The lowest BCUT2D eigenvalue weighted by Crippen LogP contribution is -2.04. The molecule has 1 aromatic carbocycles. The summed E-state index contributed by atoms with van der Waals surface area (Å²) in [6.07, 6.45) is 1.84. The fourth-order valence-electron chi connectivity index (χ4n) is 1.81. The smallest absolute Gasteiger partial charge is 0.280 e. The van der Waals surface area contributed by atoms with E-state index < -0.39 is 14.9 Å². The molecule has 0 N–H and O–H groups in total. The van der Waals surface area contributed by atoms with Gasteiger partial charge in [-0.05, 0) is 23.8 Å². The Kier molecular flexibility index (Phi) is 4.36. The van der Waals surface area contributed by atoms with Crippen LogP contribution in [0.4, 0.5) is 4.39 Å². The quantitative estimate of drug-likeness (QED) is 0.805. The van der Waals surface area contributed by atoms with Crippen molar-refractivity contribution >= 4 is 31.3 Å². The van der Waals surface area contributed by atoms with Crippen LogP contribution in [-0.4, -0.2) is 18.0 Å². The molecule has 108 valence electrons. The highest BCUT2D eigenvalue weighted by atomic mass is 35.7. The molecule has 0 atom stereocenters. The number of aryl methyl sites for hydroxylation is 1. The van der Waals surface area contributed by atoms with Crippen molar-refractivity contribution in [3.8, 4) is 0 Å². The summed E-state index contributed by atoms with van der Waals surface area (Å²) in [4.78, 5) is 3.95. The first-order valence-electron chi connectivity index (χ1n) is 5.76. The SMILES string of the molecule is CCc1nc(S(=O)(=O)Cl)cn1Cc1cc(F)ccc1Cl. The van der Waals surface area contributed by atoms with Crippen LogP contribution in [0.15, 0.2) is 29.4 Å². The summed E-state index contributed by atoms with van der Waals surface area (Å²) in [5, 5.41) is 0.181. The van der Waals surface area contributed by atoms with Gasteiger partial charge in [0.1, 0.15) is 11.6 Å². The number of imidazole rings is 1. The highest BCUT2D eigenvalue weighted by molar-refractivity contribution is 8.13. The van der Waals surface area contributed by atoms with Crippen molar-refractivity contribution < 1.29 is 12.8 Å². The second kappa shape index (κ2) is 5.71. The van der Waals surface area contributed by atoms with Gasteiger partial charge in [0.2, 0.25) is 0 Å². The lowest BCUT2D eigenvalue weighted by molar-refractivity contribution is 0.606. The van der Waals surface area contributed by atoms with E-state index in [-0.39, 0.29) is 11.6 Å². The molecule has 20 heavy (non-hydrogen) atoms. The summed E-state index contributed by atoms with van der Waals surface area (Å²) in [5.74, 6) is 0.123. The molecule has 1 aromatic heterocycles. The van der Waals surface area contributed by atoms with Crippen molar-refractivity contribution in [2.24, 2.45) is 0 Å². The maximum Gasteiger partial charge on any atom is 0.280 e. The van der Waals surface area contributed by atoms with E-state index in [9.17, 15) is 12.8 Å². The molecule has 4 nitrogen and oxygen atoms in total. The number of nitrogens with zero attached hydrogens (tertiary/aromatic N) is 2. The largest absolute Gasteiger partial charge is 0.329 e. The van der Waals surface area contributed by atoms with Crippen LogP contribution in [0.25, 0.3) is 0 Å². The maximum atomic E-state index is 13.2. The highest BCUT2D eigenvalue weighted by Crippen LogP contribution is 2.21. The monoisotopic (exact) mass is 336 g/mol. The minimum atomic E-state index is -3.89. The van der Waals surface area contributed by atoms with E-state index in [0.717, 1.165) is 0 Å². The number of aromatic nitrogens is 2. The Hall–Kier alpha value is -1.11. The average molecular weight is 337 g/mol. The molecule has 2 aromatic rings. The molecule has 0 fully saturated rings. The fourth-order valence-corrected chi connectivity index (χ4v) is 2.68. The van der Waals surface area contributed by atoms with Gasteiger partial charge in [-0.1, -0.05) is 18.5 Å². The van der Waals surface area contributed by atoms with Gasteiger partial charge in [0, 0.05) is 28.3 Å². The molecule has 0 aliphatic heterocycles. The van der Waals surface area contributed by atoms with Gasteiger partial charge >= 0.3 is 0 Å². The van der Waals surface area contributed by atoms with Crippen LogP contribution < -0.4 is 0 Å². The van der Waals surface area contributed by atoms with Gasteiger partial charge in [-0.25, -0.2) is 17.8 Å². The van der Waals surface area contributed by atoms with E-state index in [0.29, 0.717) is 22.8 Å². The first kappa shape index (κ1) is 15.3. The third-order valence-corrected chi connectivity index (χ3v) is 4.29. The minimum absolute atomic E-state index is 0.219. The fraction of sp³-hybridized carbons (Fsp3) is 0.250. The van der Waals surface area contributed by atoms with Crippen molar-refractivity contribution in [3.63, 3.8) is 0 Å². The molecule has 0 bridgehead atoms. The number of rotatable bonds is 4. The summed E-state index contributed by atoms with van der Waals surface area (Å²) < 4.78 is 37.4. The van der Waals surface area contributed by atoms with E-state index in [2.05, 4.69) is 4.98 Å². The Bertz CT molecular complexity index is 744. The third kappa shape index (κ3) is 3.31. The van der Waals surface area contributed by atoms with Crippen LogP contribution in [0.5, 0.6) is 0 Å². The van der Waals surface area contributed by atoms with Crippen LogP contribution in [0, 0.1) is 5.82 Å². The molecule has 0 amide bonds. The summed E-state index contributed by atoms with van der Waals surface area (Å²) in [5.41, 5.74) is 0.539. The Morgan fingerprint density at radius 3 is 2.70 bits per heavy atom. The van der Waals surface area contributed by atoms with E-state index in [4.69, 9.17) is 22.3 Å². The first-order valence-corrected chi connectivity index (χ1v) is 8.44. The van der Waals surface area contributed by atoms with Crippen molar-refractivity contribution in [1.82, 2.24) is 9.55 Å². The number of hydrogen-bond acceptors (Lipinski definition) is 3. The Morgan fingerprint density at radius 2 is 2.10 bits per heavy atom. The average Bonchev–Trinajstić information content (AvgIpc) is 2.77. The lowest BCUT2D eigenvalue weighted by Gasteiger charge is -2.08. The molecule has 0 aliphatic rings. The van der Waals surface area contributed by atoms with Crippen molar-refractivity contribution in [1.29, 1.82) is 0 Å². The maximum absolute atomic E-state index is 13.2.